The van der Waals surface area contributed by atoms with E-state index < -0.39 is 6.04 Å². The van der Waals surface area contributed by atoms with Crippen LogP contribution in [0.25, 0.3) is 11.0 Å². The molecule has 0 spiro atoms. The van der Waals surface area contributed by atoms with Crippen LogP contribution in [0.3, 0.4) is 0 Å². The first-order chi connectivity index (χ1) is 13.8. The molecular formula is C22H24Cl2FN3O. The van der Waals surface area contributed by atoms with E-state index in [1.165, 1.54) is 6.07 Å². The molecular weight excluding hydrogens is 412 g/mol. The molecule has 3 rings (SSSR count). The van der Waals surface area contributed by atoms with Crippen molar-refractivity contribution < 1.29 is 9.18 Å². The molecule has 0 saturated carbocycles. The predicted molar refractivity (Wildman–Crippen MR) is 116 cm³/mol. The summed E-state index contributed by atoms with van der Waals surface area (Å²) in [5.41, 5.74) is 1.84. The van der Waals surface area contributed by atoms with Crippen molar-refractivity contribution in [3.63, 3.8) is 0 Å². The molecule has 4 nitrogen and oxygen atoms in total. The molecule has 0 aliphatic carbocycles. The number of amides is 1. The Morgan fingerprint density at radius 1 is 1.21 bits per heavy atom. The number of imidazole rings is 1. The van der Waals surface area contributed by atoms with Crippen LogP contribution in [0.5, 0.6) is 0 Å². The molecule has 1 heterocycles. The van der Waals surface area contributed by atoms with Crippen molar-refractivity contribution in [2.24, 2.45) is 5.92 Å². The minimum absolute atomic E-state index is 0.0960. The SMILES string of the molecule is CCC(C(=O)NCC(C)C)n1c(Cc2ccccc2F)nc2cc(Cl)c(Cl)cc21. The fourth-order valence-electron chi connectivity index (χ4n) is 3.33. The number of aromatic nitrogens is 2. The Morgan fingerprint density at radius 2 is 1.90 bits per heavy atom. The molecule has 3 aromatic rings. The molecule has 7 heteroatoms. The fraction of sp³-hybridized carbons (Fsp3) is 0.364. The van der Waals surface area contributed by atoms with Crippen molar-refractivity contribution in [2.75, 3.05) is 6.54 Å². The molecule has 29 heavy (non-hydrogen) atoms. The summed E-state index contributed by atoms with van der Waals surface area (Å²) in [6, 6.07) is 9.48. The third-order valence-electron chi connectivity index (χ3n) is 4.80. The van der Waals surface area contributed by atoms with Gasteiger partial charge in [-0.2, -0.15) is 0 Å². The van der Waals surface area contributed by atoms with Crippen LogP contribution in [0.15, 0.2) is 36.4 Å². The Labute approximate surface area is 180 Å². The van der Waals surface area contributed by atoms with Gasteiger partial charge in [-0.1, -0.05) is 62.2 Å². The van der Waals surface area contributed by atoms with Crippen LogP contribution in [0.4, 0.5) is 4.39 Å². The third-order valence-corrected chi connectivity index (χ3v) is 5.52. The second-order valence-electron chi connectivity index (χ2n) is 7.48. The summed E-state index contributed by atoms with van der Waals surface area (Å²) in [4.78, 5) is 17.6. The molecule has 1 N–H and O–H groups in total. The highest BCUT2D eigenvalue weighted by Gasteiger charge is 2.25. The lowest BCUT2D eigenvalue weighted by Gasteiger charge is -2.21. The Hall–Kier alpha value is -2.11. The van der Waals surface area contributed by atoms with Crippen LogP contribution < -0.4 is 5.32 Å². The van der Waals surface area contributed by atoms with Crippen LogP contribution >= 0.6 is 23.2 Å². The van der Waals surface area contributed by atoms with E-state index in [9.17, 15) is 9.18 Å². The van der Waals surface area contributed by atoms with Gasteiger partial charge in [0.2, 0.25) is 5.91 Å². The molecule has 1 unspecified atom stereocenters. The molecule has 0 saturated heterocycles. The minimum atomic E-state index is -0.488. The Bertz CT molecular complexity index is 1030. The fourth-order valence-corrected chi connectivity index (χ4v) is 3.65. The number of nitrogens with one attached hydrogen (secondary N) is 1. The molecule has 1 amide bonds. The van der Waals surface area contributed by atoms with Crippen molar-refractivity contribution in [3.8, 4) is 0 Å². The van der Waals surface area contributed by atoms with Gasteiger partial charge in [0.15, 0.2) is 0 Å². The van der Waals surface area contributed by atoms with Gasteiger partial charge in [-0.05, 0) is 36.1 Å². The zero-order valence-electron chi connectivity index (χ0n) is 16.7. The van der Waals surface area contributed by atoms with Gasteiger partial charge in [0.25, 0.3) is 0 Å². The monoisotopic (exact) mass is 435 g/mol. The van der Waals surface area contributed by atoms with Gasteiger partial charge in [-0.25, -0.2) is 9.37 Å². The number of rotatable bonds is 7. The normalized spacial score (nSPS) is 12.5. The average Bonchev–Trinajstić information content (AvgIpc) is 3.00. The van der Waals surface area contributed by atoms with E-state index in [-0.39, 0.29) is 18.1 Å². The molecule has 0 aliphatic heterocycles. The number of nitrogens with zero attached hydrogens (tertiary/aromatic N) is 2. The maximum atomic E-state index is 14.3. The van der Waals surface area contributed by atoms with E-state index in [4.69, 9.17) is 23.2 Å². The van der Waals surface area contributed by atoms with Crippen molar-refractivity contribution in [1.82, 2.24) is 14.9 Å². The Balaban J connectivity index is 2.12. The summed E-state index contributed by atoms with van der Waals surface area (Å²) < 4.78 is 16.1. The van der Waals surface area contributed by atoms with Crippen molar-refractivity contribution >= 4 is 40.1 Å². The van der Waals surface area contributed by atoms with E-state index in [1.54, 1.807) is 30.3 Å². The molecule has 0 aliphatic rings. The van der Waals surface area contributed by atoms with Gasteiger partial charge in [-0.3, -0.25) is 4.79 Å². The topological polar surface area (TPSA) is 46.9 Å². The second-order valence-corrected chi connectivity index (χ2v) is 8.30. The van der Waals surface area contributed by atoms with E-state index in [0.717, 1.165) is 0 Å². The summed E-state index contributed by atoms with van der Waals surface area (Å²) in [7, 11) is 0. The van der Waals surface area contributed by atoms with Crippen LogP contribution in [0.1, 0.15) is 44.6 Å². The largest absolute Gasteiger partial charge is 0.354 e. The summed E-state index contributed by atoms with van der Waals surface area (Å²) >= 11 is 12.4. The number of halogens is 3. The first kappa shape index (κ1) is 21.6. The molecule has 0 radical (unpaired) electrons. The smallest absolute Gasteiger partial charge is 0.243 e. The lowest BCUT2D eigenvalue weighted by molar-refractivity contribution is -0.124. The van der Waals surface area contributed by atoms with E-state index in [2.05, 4.69) is 10.3 Å². The van der Waals surface area contributed by atoms with E-state index in [1.807, 2.05) is 25.3 Å². The number of hydrogen-bond donors (Lipinski definition) is 1. The lowest BCUT2D eigenvalue weighted by Crippen LogP contribution is -2.35. The van der Waals surface area contributed by atoms with E-state index in [0.29, 0.717) is 51.4 Å². The highest BCUT2D eigenvalue weighted by molar-refractivity contribution is 6.42. The van der Waals surface area contributed by atoms with Crippen molar-refractivity contribution in [1.29, 1.82) is 0 Å². The van der Waals surface area contributed by atoms with Gasteiger partial charge in [0, 0.05) is 13.0 Å². The highest BCUT2D eigenvalue weighted by atomic mass is 35.5. The summed E-state index contributed by atoms with van der Waals surface area (Å²) in [6.07, 6.45) is 0.810. The predicted octanol–water partition coefficient (Wildman–Crippen LogP) is 5.80. The number of carbonyl (C=O) groups excluding carboxylic acids is 1. The molecule has 2 aromatic carbocycles. The molecule has 0 bridgehead atoms. The van der Waals surface area contributed by atoms with Gasteiger partial charge in [0.1, 0.15) is 17.7 Å². The zero-order chi connectivity index (χ0) is 21.1. The third kappa shape index (κ3) is 4.73. The van der Waals surface area contributed by atoms with Crippen LogP contribution in [-0.2, 0) is 11.2 Å². The molecule has 154 valence electrons. The second kappa shape index (κ2) is 9.14. The van der Waals surface area contributed by atoms with Crippen LogP contribution in [0, 0.1) is 11.7 Å². The van der Waals surface area contributed by atoms with Gasteiger partial charge in [-0.15, -0.1) is 0 Å². The summed E-state index contributed by atoms with van der Waals surface area (Å²) in [5, 5.41) is 3.77. The maximum Gasteiger partial charge on any atom is 0.243 e. The average molecular weight is 436 g/mol. The quantitative estimate of drug-likeness (QED) is 0.509. The van der Waals surface area contributed by atoms with E-state index >= 15 is 0 Å². The highest BCUT2D eigenvalue weighted by Crippen LogP contribution is 2.32. The molecule has 0 fully saturated rings. The lowest BCUT2D eigenvalue weighted by atomic mass is 10.1. The van der Waals surface area contributed by atoms with Crippen molar-refractivity contribution in [3.05, 3.63) is 63.6 Å². The summed E-state index contributed by atoms with van der Waals surface area (Å²) in [6.45, 7) is 6.60. The standard InChI is InChI=1S/C22H24Cl2FN3O/c1-4-19(22(29)26-12-13(2)3)28-20-11-16(24)15(23)10-18(20)27-21(28)9-14-7-5-6-8-17(14)25/h5-8,10-11,13,19H,4,9,12H2,1-3H3,(H,26,29). The first-order valence-electron chi connectivity index (χ1n) is 9.68. The number of benzene rings is 2. The van der Waals surface area contributed by atoms with Crippen molar-refractivity contribution in [2.45, 2.75) is 39.7 Å². The Kier molecular flexibility index (Phi) is 6.81. The number of carbonyl (C=O) groups is 1. The van der Waals surface area contributed by atoms with Gasteiger partial charge < -0.3 is 9.88 Å². The van der Waals surface area contributed by atoms with Crippen LogP contribution in [-0.4, -0.2) is 22.0 Å². The number of fused-ring (bicyclic) bond motifs is 1. The molecule has 1 atom stereocenters. The zero-order valence-corrected chi connectivity index (χ0v) is 18.2. The van der Waals surface area contributed by atoms with Crippen LogP contribution in [0.2, 0.25) is 10.0 Å². The minimum Gasteiger partial charge on any atom is -0.354 e. The maximum absolute atomic E-state index is 14.3. The first-order valence-corrected chi connectivity index (χ1v) is 10.4. The van der Waals surface area contributed by atoms with Gasteiger partial charge >= 0.3 is 0 Å². The summed E-state index contributed by atoms with van der Waals surface area (Å²) in [5.74, 6) is 0.526. The Morgan fingerprint density at radius 3 is 2.55 bits per heavy atom. The number of hydrogen-bond acceptors (Lipinski definition) is 2. The molecule has 1 aromatic heterocycles. The van der Waals surface area contributed by atoms with Gasteiger partial charge in [0.05, 0.1) is 21.1 Å².